The molecule has 0 atom stereocenters. The number of nitrogens with zero attached hydrogens (tertiary/aromatic N) is 2. The number of rotatable bonds is 5. The fourth-order valence-electron chi connectivity index (χ4n) is 3.81. The third-order valence-corrected chi connectivity index (χ3v) is 5.17. The minimum Gasteiger partial charge on any atom is -0.460 e. The average Bonchev–Trinajstić information content (AvgIpc) is 3.09. The van der Waals surface area contributed by atoms with Crippen molar-refractivity contribution in [3.63, 3.8) is 0 Å². The van der Waals surface area contributed by atoms with Crippen LogP contribution in [0.5, 0.6) is 5.88 Å². The largest absolute Gasteiger partial charge is 0.460 e. The van der Waals surface area contributed by atoms with Crippen LogP contribution in [0.4, 0.5) is 0 Å². The van der Waals surface area contributed by atoms with Gasteiger partial charge in [0.25, 0.3) is 5.88 Å². The summed E-state index contributed by atoms with van der Waals surface area (Å²) in [4.78, 5) is 16.9. The summed E-state index contributed by atoms with van der Waals surface area (Å²) in [6.45, 7) is 0.237. The van der Waals surface area contributed by atoms with Crippen LogP contribution in [-0.2, 0) is 6.54 Å². The summed E-state index contributed by atoms with van der Waals surface area (Å²) in [6.07, 6.45) is 5.02. The molecule has 4 aromatic rings. The highest BCUT2D eigenvalue weighted by Gasteiger charge is 2.30. The van der Waals surface area contributed by atoms with Gasteiger partial charge in [0, 0.05) is 16.7 Å². The highest BCUT2D eigenvalue weighted by Crippen LogP contribution is 2.44. The van der Waals surface area contributed by atoms with E-state index in [1.165, 1.54) is 11.1 Å². The number of aromatic nitrogens is 2. The van der Waals surface area contributed by atoms with Crippen LogP contribution in [0.25, 0.3) is 11.1 Å². The van der Waals surface area contributed by atoms with Crippen molar-refractivity contribution in [1.29, 1.82) is 0 Å². The number of carbonyl (C=O) groups is 1. The number of fused-ring (bicyclic) bond motifs is 3. The molecule has 0 unspecified atom stereocenters. The number of carbonyl (C=O) groups excluding carboxylic acids is 1. The Hall–Kier alpha value is -3.79. The van der Waals surface area contributed by atoms with Crippen molar-refractivity contribution in [3.8, 4) is 17.0 Å². The Bertz CT molecular complexity index is 1140. The van der Waals surface area contributed by atoms with Crippen LogP contribution < -0.4 is 9.30 Å². The standard InChI is InChI=1S/C25H19N2O2/c28-23(18-8-2-1-3-9-18)16-27-15-14-26-24(17-27)29-25-21-12-6-4-10-19(21)20-11-5-7-13-22(20)25/h1-15,17,25H,16H2/q+1. The number of Topliss-reactive ketones (excluding diaryl/α,β-unsaturated/α-hetero) is 1. The lowest BCUT2D eigenvalue weighted by Crippen LogP contribution is -2.37. The molecule has 3 aromatic carbocycles. The lowest BCUT2D eigenvalue weighted by atomic mass is 10.1. The first-order valence-corrected chi connectivity index (χ1v) is 9.58. The van der Waals surface area contributed by atoms with Crippen LogP contribution >= 0.6 is 0 Å². The number of ketones is 1. The van der Waals surface area contributed by atoms with Gasteiger partial charge in [-0.25, -0.2) is 4.98 Å². The van der Waals surface area contributed by atoms with Crippen LogP contribution in [0.15, 0.2) is 97.5 Å². The molecule has 1 aliphatic rings. The van der Waals surface area contributed by atoms with Gasteiger partial charge in [-0.3, -0.25) is 4.79 Å². The van der Waals surface area contributed by atoms with Crippen molar-refractivity contribution in [1.82, 2.24) is 4.98 Å². The molecule has 0 aliphatic heterocycles. The van der Waals surface area contributed by atoms with Gasteiger partial charge in [0.05, 0.1) is 6.20 Å². The van der Waals surface area contributed by atoms with Crippen molar-refractivity contribution < 1.29 is 14.1 Å². The molecular weight excluding hydrogens is 360 g/mol. The number of benzene rings is 3. The highest BCUT2D eigenvalue weighted by molar-refractivity contribution is 5.94. The molecule has 0 N–H and O–H groups in total. The van der Waals surface area contributed by atoms with E-state index in [0.29, 0.717) is 11.4 Å². The minimum atomic E-state index is -0.212. The van der Waals surface area contributed by atoms with Gasteiger partial charge in [-0.05, 0) is 11.1 Å². The zero-order valence-corrected chi connectivity index (χ0v) is 15.7. The smallest absolute Gasteiger partial charge is 0.280 e. The Labute approximate surface area is 169 Å². The second kappa shape index (κ2) is 7.32. The predicted octanol–water partition coefficient (Wildman–Crippen LogP) is 4.40. The maximum atomic E-state index is 12.5. The first-order valence-electron chi connectivity index (χ1n) is 9.58. The zero-order valence-electron chi connectivity index (χ0n) is 15.7. The molecule has 1 aromatic heterocycles. The molecule has 1 aliphatic carbocycles. The predicted molar refractivity (Wildman–Crippen MR) is 110 cm³/mol. The van der Waals surface area contributed by atoms with E-state index in [9.17, 15) is 4.79 Å². The van der Waals surface area contributed by atoms with Crippen LogP contribution in [0.2, 0.25) is 0 Å². The second-order valence-corrected chi connectivity index (χ2v) is 7.03. The molecule has 1 heterocycles. The molecule has 4 nitrogen and oxygen atoms in total. The monoisotopic (exact) mass is 379 g/mol. The lowest BCUT2D eigenvalue weighted by Gasteiger charge is -2.14. The summed E-state index contributed by atoms with van der Waals surface area (Å²) in [5.74, 6) is 0.536. The van der Waals surface area contributed by atoms with Crippen LogP contribution in [0, 0.1) is 0 Å². The summed E-state index contributed by atoms with van der Waals surface area (Å²) in [5.41, 5.74) is 5.34. The molecule has 5 rings (SSSR count). The summed E-state index contributed by atoms with van der Waals surface area (Å²) in [5, 5.41) is 0. The van der Waals surface area contributed by atoms with Crippen LogP contribution in [0.3, 0.4) is 0 Å². The van der Waals surface area contributed by atoms with Gasteiger partial charge >= 0.3 is 0 Å². The Balaban J connectivity index is 1.42. The fraction of sp³-hybridized carbons (Fsp3) is 0.0800. The maximum absolute atomic E-state index is 12.5. The van der Waals surface area contributed by atoms with Gasteiger partial charge in [-0.15, -0.1) is 0 Å². The quantitative estimate of drug-likeness (QED) is 0.381. The lowest BCUT2D eigenvalue weighted by molar-refractivity contribution is -0.684. The van der Waals surface area contributed by atoms with Crippen LogP contribution in [0.1, 0.15) is 27.6 Å². The van der Waals surface area contributed by atoms with Crippen molar-refractivity contribution in [2.75, 3.05) is 0 Å². The third kappa shape index (κ3) is 3.29. The van der Waals surface area contributed by atoms with E-state index in [1.54, 1.807) is 18.6 Å². The number of ether oxygens (including phenoxy) is 1. The molecule has 4 heteroatoms. The normalized spacial score (nSPS) is 12.3. The maximum Gasteiger partial charge on any atom is 0.280 e. The molecule has 0 saturated carbocycles. The third-order valence-electron chi connectivity index (χ3n) is 5.17. The van der Waals surface area contributed by atoms with Gasteiger partial charge in [0.15, 0.2) is 12.3 Å². The first kappa shape index (κ1) is 17.3. The summed E-state index contributed by atoms with van der Waals surface area (Å²) in [7, 11) is 0. The Kier molecular flexibility index (Phi) is 4.37. The Morgan fingerprint density at radius 3 is 2.17 bits per heavy atom. The van der Waals surface area contributed by atoms with Crippen molar-refractivity contribution >= 4 is 5.78 Å². The molecule has 0 amide bonds. The second-order valence-electron chi connectivity index (χ2n) is 7.03. The number of hydrogen-bond acceptors (Lipinski definition) is 3. The minimum absolute atomic E-state index is 0.0457. The molecule has 140 valence electrons. The van der Waals surface area contributed by atoms with E-state index >= 15 is 0 Å². The number of hydrogen-bond donors (Lipinski definition) is 0. The van der Waals surface area contributed by atoms with E-state index in [2.05, 4.69) is 29.2 Å². The molecule has 0 radical (unpaired) electrons. The van der Waals surface area contributed by atoms with Crippen molar-refractivity contribution in [2.24, 2.45) is 0 Å². The summed E-state index contributed by atoms with van der Waals surface area (Å²) >= 11 is 0. The van der Waals surface area contributed by atoms with Gasteiger partial charge in [-0.2, -0.15) is 4.57 Å². The average molecular weight is 379 g/mol. The molecule has 0 fully saturated rings. The van der Waals surface area contributed by atoms with Crippen molar-refractivity contribution in [3.05, 3.63) is 114 Å². The topological polar surface area (TPSA) is 43.1 Å². The highest BCUT2D eigenvalue weighted by atomic mass is 16.5. The zero-order chi connectivity index (χ0) is 19.6. The SMILES string of the molecule is O=C(C[n+]1ccnc(OC2c3ccccc3-c3ccccc32)c1)c1ccccc1. The van der Waals surface area contributed by atoms with Crippen LogP contribution in [-0.4, -0.2) is 10.8 Å². The van der Waals surface area contributed by atoms with E-state index < -0.39 is 0 Å². The molecular formula is C25H19N2O2+. The molecule has 29 heavy (non-hydrogen) atoms. The van der Waals surface area contributed by atoms with E-state index in [0.717, 1.165) is 11.1 Å². The molecule has 0 spiro atoms. The fourth-order valence-corrected chi connectivity index (χ4v) is 3.81. The van der Waals surface area contributed by atoms with E-state index in [4.69, 9.17) is 4.74 Å². The van der Waals surface area contributed by atoms with Gasteiger partial charge < -0.3 is 4.74 Å². The summed E-state index contributed by atoms with van der Waals surface area (Å²) in [6, 6.07) is 25.9. The van der Waals surface area contributed by atoms with E-state index in [1.807, 2.05) is 59.2 Å². The molecule has 0 saturated heterocycles. The van der Waals surface area contributed by atoms with Crippen molar-refractivity contribution in [2.45, 2.75) is 12.6 Å². The van der Waals surface area contributed by atoms with Gasteiger partial charge in [0.2, 0.25) is 18.5 Å². The Morgan fingerprint density at radius 1 is 0.862 bits per heavy atom. The Morgan fingerprint density at radius 2 is 1.48 bits per heavy atom. The van der Waals surface area contributed by atoms with E-state index in [-0.39, 0.29) is 18.4 Å². The summed E-state index contributed by atoms with van der Waals surface area (Å²) < 4.78 is 8.12. The first-order chi connectivity index (χ1) is 14.3. The van der Waals surface area contributed by atoms with Gasteiger partial charge in [0.1, 0.15) is 0 Å². The van der Waals surface area contributed by atoms with Gasteiger partial charge in [-0.1, -0.05) is 78.9 Å². The molecule has 0 bridgehead atoms.